The normalized spacial score (nSPS) is 27.4. The molecule has 0 atom stereocenters. The molecule has 0 aromatic carbocycles. The molecule has 2 heterocycles. The van der Waals surface area contributed by atoms with Crippen molar-refractivity contribution in [2.45, 2.75) is 57.8 Å². The molecule has 112 valence electrons. The van der Waals surface area contributed by atoms with Crippen molar-refractivity contribution in [3.05, 3.63) is 0 Å². The number of piperidine rings is 1. The highest BCUT2D eigenvalue weighted by Gasteiger charge is 2.42. The van der Waals surface area contributed by atoms with Gasteiger partial charge in [0.25, 0.3) is 0 Å². The van der Waals surface area contributed by atoms with Gasteiger partial charge in [-0.25, -0.2) is 0 Å². The summed E-state index contributed by atoms with van der Waals surface area (Å²) in [6.45, 7) is 2.52. The second-order valence-corrected chi connectivity index (χ2v) is 6.97. The van der Waals surface area contributed by atoms with Gasteiger partial charge in [-0.1, -0.05) is 25.7 Å². The summed E-state index contributed by atoms with van der Waals surface area (Å²) in [4.78, 5) is 26.1. The minimum Gasteiger partial charge on any atom is -0.356 e. The van der Waals surface area contributed by atoms with Crippen molar-refractivity contribution in [2.24, 2.45) is 11.3 Å². The van der Waals surface area contributed by atoms with Crippen LogP contribution in [0.25, 0.3) is 0 Å². The lowest BCUT2D eigenvalue weighted by molar-refractivity contribution is -0.138. The molecule has 0 unspecified atom stereocenters. The molecular weight excluding hydrogens is 252 g/mol. The highest BCUT2D eigenvalue weighted by atomic mass is 16.2. The molecule has 2 saturated heterocycles. The Morgan fingerprint density at radius 3 is 2.30 bits per heavy atom. The molecule has 0 radical (unpaired) electrons. The monoisotopic (exact) mass is 278 g/mol. The van der Waals surface area contributed by atoms with Gasteiger partial charge in [0, 0.05) is 32.0 Å². The standard InChI is InChI=1S/C16H26N2O2/c19-14-11-16(12-17-14)7-9-18(10-8-16)15(20)13-5-3-1-2-4-6-13/h13H,1-12H2,(H,17,19). The fourth-order valence-electron chi connectivity index (χ4n) is 4.09. The van der Waals surface area contributed by atoms with Gasteiger partial charge in [0.15, 0.2) is 0 Å². The second-order valence-electron chi connectivity index (χ2n) is 6.97. The third-order valence-corrected chi connectivity index (χ3v) is 5.54. The average molecular weight is 278 g/mol. The number of nitrogens with one attached hydrogen (secondary N) is 1. The van der Waals surface area contributed by atoms with Gasteiger partial charge in [-0.3, -0.25) is 9.59 Å². The fraction of sp³-hybridized carbons (Fsp3) is 0.875. The average Bonchev–Trinajstić information content (AvgIpc) is 2.69. The Balaban J connectivity index is 1.54. The zero-order valence-corrected chi connectivity index (χ0v) is 12.3. The molecule has 1 saturated carbocycles. The first-order valence-electron chi connectivity index (χ1n) is 8.24. The molecule has 1 aliphatic carbocycles. The second kappa shape index (κ2) is 5.74. The Bertz CT molecular complexity index is 378. The Labute approximate surface area is 121 Å². The summed E-state index contributed by atoms with van der Waals surface area (Å²) < 4.78 is 0. The molecule has 1 spiro atoms. The van der Waals surface area contributed by atoms with Crippen molar-refractivity contribution in [3.8, 4) is 0 Å². The molecule has 0 aromatic rings. The topological polar surface area (TPSA) is 49.4 Å². The van der Waals surface area contributed by atoms with Crippen molar-refractivity contribution in [1.82, 2.24) is 10.2 Å². The maximum atomic E-state index is 12.6. The molecule has 2 aliphatic heterocycles. The first-order chi connectivity index (χ1) is 9.69. The molecule has 20 heavy (non-hydrogen) atoms. The minimum absolute atomic E-state index is 0.150. The van der Waals surface area contributed by atoms with E-state index in [1.165, 1.54) is 25.7 Å². The van der Waals surface area contributed by atoms with Crippen LogP contribution in [-0.4, -0.2) is 36.3 Å². The number of amides is 2. The van der Waals surface area contributed by atoms with Crippen LogP contribution in [0.4, 0.5) is 0 Å². The molecule has 4 heteroatoms. The molecule has 1 N–H and O–H groups in total. The molecule has 3 aliphatic rings. The van der Waals surface area contributed by atoms with E-state index in [-0.39, 0.29) is 17.2 Å². The first-order valence-corrected chi connectivity index (χ1v) is 8.24. The van der Waals surface area contributed by atoms with E-state index in [0.29, 0.717) is 12.3 Å². The molecule has 4 nitrogen and oxygen atoms in total. The maximum Gasteiger partial charge on any atom is 0.225 e. The number of carbonyl (C=O) groups excluding carboxylic acids is 2. The summed E-state index contributed by atoms with van der Waals surface area (Å²) in [5.74, 6) is 0.850. The van der Waals surface area contributed by atoms with Gasteiger partial charge in [-0.15, -0.1) is 0 Å². The molecule has 0 aromatic heterocycles. The summed E-state index contributed by atoms with van der Waals surface area (Å²) in [5, 5.41) is 2.95. The third-order valence-electron chi connectivity index (χ3n) is 5.54. The van der Waals surface area contributed by atoms with E-state index in [0.717, 1.165) is 45.3 Å². The highest BCUT2D eigenvalue weighted by Crippen LogP contribution is 2.38. The number of nitrogens with zero attached hydrogens (tertiary/aromatic N) is 1. The van der Waals surface area contributed by atoms with Crippen LogP contribution in [-0.2, 0) is 9.59 Å². The largest absolute Gasteiger partial charge is 0.356 e. The van der Waals surface area contributed by atoms with E-state index < -0.39 is 0 Å². The van der Waals surface area contributed by atoms with E-state index in [1.54, 1.807) is 0 Å². The molecule has 0 bridgehead atoms. The van der Waals surface area contributed by atoms with Crippen LogP contribution in [0.15, 0.2) is 0 Å². The van der Waals surface area contributed by atoms with E-state index in [2.05, 4.69) is 10.2 Å². The van der Waals surface area contributed by atoms with Crippen molar-refractivity contribution in [2.75, 3.05) is 19.6 Å². The van der Waals surface area contributed by atoms with Gasteiger partial charge >= 0.3 is 0 Å². The highest BCUT2D eigenvalue weighted by molar-refractivity contribution is 5.80. The van der Waals surface area contributed by atoms with Gasteiger partial charge in [0.2, 0.25) is 11.8 Å². The van der Waals surface area contributed by atoms with E-state index in [4.69, 9.17) is 0 Å². The zero-order valence-electron chi connectivity index (χ0n) is 12.3. The van der Waals surface area contributed by atoms with Crippen LogP contribution >= 0.6 is 0 Å². The lowest BCUT2D eigenvalue weighted by atomic mass is 9.77. The van der Waals surface area contributed by atoms with Gasteiger partial charge in [0.1, 0.15) is 0 Å². The lowest BCUT2D eigenvalue weighted by Crippen LogP contribution is -2.46. The van der Waals surface area contributed by atoms with Crippen LogP contribution in [0.3, 0.4) is 0 Å². The SMILES string of the molecule is O=C1CC2(CCN(C(=O)C3CCCCCC3)CC2)CN1. The van der Waals surface area contributed by atoms with E-state index in [1.807, 2.05) is 0 Å². The number of rotatable bonds is 1. The lowest BCUT2D eigenvalue weighted by Gasteiger charge is -2.39. The van der Waals surface area contributed by atoms with Crippen LogP contribution in [0, 0.1) is 11.3 Å². The molecular formula is C16H26N2O2. The molecule has 3 fully saturated rings. The third kappa shape index (κ3) is 2.84. The summed E-state index contributed by atoms with van der Waals surface area (Å²) in [6.07, 6.45) is 9.83. The quantitative estimate of drug-likeness (QED) is 0.747. The van der Waals surface area contributed by atoms with Gasteiger partial charge in [0.05, 0.1) is 0 Å². The first kappa shape index (κ1) is 13.9. The van der Waals surface area contributed by atoms with Crippen molar-refractivity contribution in [1.29, 1.82) is 0 Å². The summed E-state index contributed by atoms with van der Waals surface area (Å²) in [5.41, 5.74) is 0.150. The predicted molar refractivity (Wildman–Crippen MR) is 77.1 cm³/mol. The van der Waals surface area contributed by atoms with Crippen molar-refractivity contribution in [3.63, 3.8) is 0 Å². The number of carbonyl (C=O) groups is 2. The van der Waals surface area contributed by atoms with Gasteiger partial charge in [-0.2, -0.15) is 0 Å². The Hall–Kier alpha value is -1.06. The van der Waals surface area contributed by atoms with Crippen LogP contribution in [0.5, 0.6) is 0 Å². The smallest absolute Gasteiger partial charge is 0.225 e. The Morgan fingerprint density at radius 2 is 1.75 bits per heavy atom. The predicted octanol–water partition coefficient (Wildman–Crippen LogP) is 2.09. The number of hydrogen-bond acceptors (Lipinski definition) is 2. The van der Waals surface area contributed by atoms with Gasteiger partial charge < -0.3 is 10.2 Å². The zero-order chi connectivity index (χ0) is 14.0. The maximum absolute atomic E-state index is 12.6. The molecule has 2 amide bonds. The number of likely N-dealkylation sites (tertiary alicyclic amines) is 1. The summed E-state index contributed by atoms with van der Waals surface area (Å²) in [6, 6.07) is 0. The fourth-order valence-corrected chi connectivity index (χ4v) is 4.09. The van der Waals surface area contributed by atoms with E-state index >= 15 is 0 Å². The summed E-state index contributed by atoms with van der Waals surface area (Å²) in [7, 11) is 0. The van der Waals surface area contributed by atoms with Crippen molar-refractivity contribution < 1.29 is 9.59 Å². The van der Waals surface area contributed by atoms with Crippen LogP contribution in [0.2, 0.25) is 0 Å². The number of hydrogen-bond donors (Lipinski definition) is 1. The van der Waals surface area contributed by atoms with Crippen LogP contribution in [0.1, 0.15) is 57.8 Å². The summed E-state index contributed by atoms with van der Waals surface area (Å²) >= 11 is 0. The Morgan fingerprint density at radius 1 is 1.10 bits per heavy atom. The van der Waals surface area contributed by atoms with Crippen molar-refractivity contribution >= 4 is 11.8 Å². The molecule has 3 rings (SSSR count). The van der Waals surface area contributed by atoms with Crippen LogP contribution < -0.4 is 5.32 Å². The van der Waals surface area contributed by atoms with E-state index in [9.17, 15) is 9.59 Å². The Kier molecular flexibility index (Phi) is 3.99. The minimum atomic E-state index is 0.150. The van der Waals surface area contributed by atoms with Gasteiger partial charge in [-0.05, 0) is 31.1 Å².